The van der Waals surface area contributed by atoms with Crippen LogP contribution in [0.2, 0.25) is 0 Å². The van der Waals surface area contributed by atoms with Crippen LogP contribution in [0.1, 0.15) is 34.0 Å². The van der Waals surface area contributed by atoms with Gasteiger partial charge in [-0.05, 0) is 18.6 Å². The predicted octanol–water partition coefficient (Wildman–Crippen LogP) is 0.261. The van der Waals surface area contributed by atoms with E-state index in [2.05, 4.69) is 4.74 Å². The van der Waals surface area contributed by atoms with E-state index in [4.69, 9.17) is 32.8 Å². The van der Waals surface area contributed by atoms with Crippen LogP contribution in [0.25, 0.3) is 0 Å². The molecular weight excluding hydrogens is 395 g/mol. The molecule has 0 heterocycles. The molecule has 0 aliphatic carbocycles. The second kappa shape index (κ2) is 9.55. The Bertz CT molecular complexity index is 846. The second-order valence-corrected chi connectivity index (χ2v) is 7.13. The Balaban J connectivity index is 2.89. The van der Waals surface area contributed by atoms with Crippen LogP contribution >= 0.6 is 0 Å². The normalized spacial score (nSPS) is 13.0. The van der Waals surface area contributed by atoms with Gasteiger partial charge >= 0.3 is 27.3 Å². The lowest BCUT2D eigenvalue weighted by atomic mass is 9.81. The third kappa shape index (κ3) is 5.57. The molecule has 0 aliphatic heterocycles. The quantitative estimate of drug-likeness (QED) is 0.354. The van der Waals surface area contributed by atoms with Crippen molar-refractivity contribution >= 4 is 45.6 Å². The first-order valence-corrected chi connectivity index (χ1v) is 9.29. The van der Waals surface area contributed by atoms with Crippen molar-refractivity contribution in [3.8, 4) is 0 Å². The molecule has 1 atom stereocenters. The van der Waals surface area contributed by atoms with Gasteiger partial charge in [0.1, 0.15) is 0 Å². The lowest BCUT2D eigenvalue weighted by Crippen LogP contribution is -2.42. The Labute approximate surface area is 165 Å². The Morgan fingerprint density at radius 1 is 1.18 bits per heavy atom. The molecule has 1 rings (SSSR count). The van der Waals surface area contributed by atoms with Gasteiger partial charge in [-0.2, -0.15) is 17.2 Å². The minimum absolute atomic E-state index is 0.00462. The molecule has 13 heteroatoms. The van der Waals surface area contributed by atoms with Crippen LogP contribution in [-0.4, -0.2) is 66.4 Å². The molecule has 0 aliphatic rings. The fourth-order valence-electron chi connectivity index (χ4n) is 2.23. The molecule has 1 aromatic carbocycles. The largest absolute Gasteiger partial charge is 0.452 e. The first kappa shape index (κ1) is 24.2. The first-order valence-electron chi connectivity index (χ1n) is 7.85. The van der Waals surface area contributed by atoms with E-state index in [9.17, 15) is 26.8 Å². The van der Waals surface area contributed by atoms with Crippen LogP contribution < -0.4 is 0 Å². The SMILES string of the molecule is [B]Cc1cc(C[B])c(C[B])c(C(=O)OCC(=O)OC(C)C(F)(F)S(=O)(=O)O)c1. The van der Waals surface area contributed by atoms with Gasteiger partial charge in [0, 0.05) is 0 Å². The third-order valence-electron chi connectivity index (χ3n) is 3.73. The summed E-state index contributed by atoms with van der Waals surface area (Å²) in [4.78, 5) is 23.8. The third-order valence-corrected chi connectivity index (χ3v) is 4.75. The average molecular weight is 410 g/mol. The van der Waals surface area contributed by atoms with Crippen LogP contribution in [0.4, 0.5) is 8.78 Å². The van der Waals surface area contributed by atoms with E-state index in [0.717, 1.165) is 0 Å². The van der Waals surface area contributed by atoms with Gasteiger partial charge < -0.3 is 9.47 Å². The van der Waals surface area contributed by atoms with E-state index >= 15 is 0 Å². The van der Waals surface area contributed by atoms with Crippen molar-refractivity contribution in [3.63, 3.8) is 0 Å². The summed E-state index contributed by atoms with van der Waals surface area (Å²) in [6.07, 6.45) is -2.44. The first-order chi connectivity index (χ1) is 12.9. The average Bonchev–Trinajstić information content (AvgIpc) is 2.63. The standard InChI is InChI=1S/C15H15B3F2O7S/c1-8(15(19,20)28(23,24)25)27-13(21)7-26-14(22)11-3-9(4-16)2-10(5-17)12(11)6-18/h2-3,8H,4-7H2,1H3,(H,23,24,25). The molecule has 1 N–H and O–H groups in total. The molecule has 0 spiro atoms. The Kier molecular flexibility index (Phi) is 8.24. The number of carbonyl (C=O) groups is 2. The smallest absolute Gasteiger partial charge is 0.405 e. The molecule has 1 aromatic rings. The summed E-state index contributed by atoms with van der Waals surface area (Å²) in [5.41, 5.74) is 1.45. The molecular formula is C15H15B3F2O7S. The van der Waals surface area contributed by atoms with Gasteiger partial charge in [0.25, 0.3) is 0 Å². The molecule has 0 saturated heterocycles. The van der Waals surface area contributed by atoms with Crippen LogP contribution in [0, 0.1) is 0 Å². The van der Waals surface area contributed by atoms with E-state index in [-0.39, 0.29) is 24.5 Å². The molecule has 0 amide bonds. The van der Waals surface area contributed by atoms with Crippen LogP contribution in [0.15, 0.2) is 12.1 Å². The highest BCUT2D eigenvalue weighted by atomic mass is 32.2. The van der Waals surface area contributed by atoms with E-state index in [0.29, 0.717) is 23.6 Å². The maximum atomic E-state index is 13.4. The maximum absolute atomic E-state index is 13.4. The number of esters is 2. The monoisotopic (exact) mass is 410 g/mol. The summed E-state index contributed by atoms with van der Waals surface area (Å²) >= 11 is 0. The summed E-state index contributed by atoms with van der Waals surface area (Å²) < 4.78 is 65.3. The van der Waals surface area contributed by atoms with Crippen molar-refractivity contribution in [1.82, 2.24) is 0 Å². The molecule has 0 fully saturated rings. The fraction of sp³-hybridized carbons (Fsp3) is 0.467. The van der Waals surface area contributed by atoms with E-state index in [1.165, 1.54) is 6.07 Å². The molecule has 28 heavy (non-hydrogen) atoms. The second-order valence-electron chi connectivity index (χ2n) is 5.64. The highest BCUT2D eigenvalue weighted by Crippen LogP contribution is 2.27. The van der Waals surface area contributed by atoms with Crippen molar-refractivity contribution in [2.75, 3.05) is 6.61 Å². The van der Waals surface area contributed by atoms with Gasteiger partial charge in [-0.25, -0.2) is 9.59 Å². The lowest BCUT2D eigenvalue weighted by molar-refractivity contribution is -0.162. The van der Waals surface area contributed by atoms with Gasteiger partial charge in [0.2, 0.25) is 0 Å². The van der Waals surface area contributed by atoms with Crippen molar-refractivity contribution in [2.24, 2.45) is 0 Å². The highest BCUT2D eigenvalue weighted by Gasteiger charge is 2.52. The van der Waals surface area contributed by atoms with Gasteiger partial charge in [0.05, 0.1) is 29.1 Å². The minimum Gasteiger partial charge on any atom is -0.452 e. The number of hydrogen-bond donors (Lipinski definition) is 1. The maximum Gasteiger partial charge on any atom is 0.405 e. The van der Waals surface area contributed by atoms with Crippen molar-refractivity contribution in [1.29, 1.82) is 0 Å². The zero-order chi connectivity index (χ0) is 21.7. The number of carbonyl (C=O) groups excluding carboxylic acids is 2. The van der Waals surface area contributed by atoms with Crippen molar-refractivity contribution in [2.45, 2.75) is 37.2 Å². The van der Waals surface area contributed by atoms with E-state index in [1.54, 1.807) is 6.07 Å². The van der Waals surface area contributed by atoms with Gasteiger partial charge in [-0.1, -0.05) is 36.2 Å². The van der Waals surface area contributed by atoms with E-state index < -0.39 is 40.0 Å². The Hall–Kier alpha value is -1.88. The van der Waals surface area contributed by atoms with Crippen LogP contribution in [0.5, 0.6) is 0 Å². The van der Waals surface area contributed by atoms with Crippen LogP contribution in [0.3, 0.4) is 0 Å². The van der Waals surface area contributed by atoms with Crippen LogP contribution in [-0.2, 0) is 43.3 Å². The zero-order valence-electron chi connectivity index (χ0n) is 14.9. The molecule has 0 saturated carbocycles. The number of benzene rings is 1. The summed E-state index contributed by atoms with van der Waals surface area (Å²) in [5.74, 6) is -2.45. The predicted molar refractivity (Wildman–Crippen MR) is 97.1 cm³/mol. The lowest BCUT2D eigenvalue weighted by Gasteiger charge is -2.20. The van der Waals surface area contributed by atoms with Gasteiger partial charge in [-0.15, -0.1) is 0 Å². The number of alkyl halides is 2. The van der Waals surface area contributed by atoms with Crippen molar-refractivity contribution < 1.29 is 40.8 Å². The number of ether oxygens (including phenoxy) is 2. The zero-order valence-corrected chi connectivity index (χ0v) is 15.7. The minimum atomic E-state index is -5.80. The molecule has 0 aromatic heterocycles. The summed E-state index contributed by atoms with van der Waals surface area (Å²) in [5, 5.41) is -4.73. The highest BCUT2D eigenvalue weighted by molar-refractivity contribution is 7.86. The summed E-state index contributed by atoms with van der Waals surface area (Å²) in [7, 11) is 11.0. The Morgan fingerprint density at radius 3 is 2.25 bits per heavy atom. The number of halogens is 2. The topological polar surface area (TPSA) is 107 Å². The summed E-state index contributed by atoms with van der Waals surface area (Å²) in [6.45, 7) is -0.530. The van der Waals surface area contributed by atoms with Crippen molar-refractivity contribution in [3.05, 3.63) is 34.4 Å². The number of hydrogen-bond acceptors (Lipinski definition) is 6. The summed E-state index contributed by atoms with van der Waals surface area (Å²) in [6, 6.07) is 3.05. The Morgan fingerprint density at radius 2 is 1.79 bits per heavy atom. The van der Waals surface area contributed by atoms with Gasteiger partial charge in [-0.3, -0.25) is 4.55 Å². The molecule has 1 unspecified atom stereocenters. The van der Waals surface area contributed by atoms with E-state index in [1.807, 2.05) is 0 Å². The van der Waals surface area contributed by atoms with Gasteiger partial charge in [0.15, 0.2) is 12.7 Å². The fourth-order valence-corrected chi connectivity index (χ4v) is 2.70. The molecule has 146 valence electrons. The molecule has 0 bridgehead atoms. The molecule has 7 nitrogen and oxygen atoms in total. The molecule has 6 radical (unpaired) electrons. The number of rotatable bonds is 9.